The fraction of sp³-hybridized carbons (Fsp3) is 0.333. The molecule has 4 nitrogen and oxygen atoms in total. The third-order valence-corrected chi connectivity index (χ3v) is 3.33. The summed E-state index contributed by atoms with van der Waals surface area (Å²) in [5.74, 6) is 0. The van der Waals surface area contributed by atoms with Crippen LogP contribution in [-0.2, 0) is 9.84 Å². The van der Waals surface area contributed by atoms with Crippen LogP contribution < -0.4 is 11.5 Å². The van der Waals surface area contributed by atoms with Crippen LogP contribution in [0.1, 0.15) is 17.3 Å². The SMILES string of the molecule is Cc1c(C(N)N)cccc1S(C)(=O)=O. The molecule has 14 heavy (non-hydrogen) atoms. The summed E-state index contributed by atoms with van der Waals surface area (Å²) in [6, 6.07) is 4.93. The third-order valence-electron chi connectivity index (χ3n) is 2.08. The molecule has 0 radical (unpaired) electrons. The van der Waals surface area contributed by atoms with E-state index >= 15 is 0 Å². The zero-order valence-corrected chi connectivity index (χ0v) is 9.01. The van der Waals surface area contributed by atoms with Crippen molar-refractivity contribution >= 4 is 9.84 Å². The van der Waals surface area contributed by atoms with E-state index in [0.29, 0.717) is 11.1 Å². The van der Waals surface area contributed by atoms with Gasteiger partial charge in [0.25, 0.3) is 0 Å². The Morgan fingerprint density at radius 1 is 1.29 bits per heavy atom. The summed E-state index contributed by atoms with van der Waals surface area (Å²) in [6.07, 6.45) is 0.526. The van der Waals surface area contributed by atoms with Crippen molar-refractivity contribution in [2.24, 2.45) is 11.5 Å². The fourth-order valence-electron chi connectivity index (χ4n) is 1.39. The molecule has 0 heterocycles. The molecule has 0 aliphatic carbocycles. The van der Waals surface area contributed by atoms with Gasteiger partial charge in [0.2, 0.25) is 0 Å². The van der Waals surface area contributed by atoms with Gasteiger partial charge in [-0.1, -0.05) is 12.1 Å². The molecule has 0 aliphatic rings. The molecule has 0 fully saturated rings. The Labute approximate surface area is 83.8 Å². The first-order valence-electron chi connectivity index (χ1n) is 4.15. The molecule has 0 aliphatic heterocycles. The molecule has 0 atom stereocenters. The van der Waals surface area contributed by atoms with Crippen molar-refractivity contribution in [1.82, 2.24) is 0 Å². The van der Waals surface area contributed by atoms with E-state index in [9.17, 15) is 8.42 Å². The largest absolute Gasteiger partial charge is 0.312 e. The molecule has 78 valence electrons. The zero-order chi connectivity index (χ0) is 10.9. The van der Waals surface area contributed by atoms with Gasteiger partial charge < -0.3 is 11.5 Å². The topological polar surface area (TPSA) is 86.2 Å². The van der Waals surface area contributed by atoms with Gasteiger partial charge in [0, 0.05) is 6.26 Å². The Balaban J connectivity index is 3.43. The number of rotatable bonds is 2. The van der Waals surface area contributed by atoms with E-state index in [-0.39, 0.29) is 4.90 Å². The average molecular weight is 214 g/mol. The number of nitrogens with two attached hydrogens (primary N) is 2. The molecule has 1 rings (SSSR count). The van der Waals surface area contributed by atoms with E-state index in [2.05, 4.69) is 0 Å². The van der Waals surface area contributed by atoms with Crippen LogP contribution >= 0.6 is 0 Å². The van der Waals surface area contributed by atoms with E-state index in [1.54, 1.807) is 25.1 Å². The van der Waals surface area contributed by atoms with Gasteiger partial charge >= 0.3 is 0 Å². The van der Waals surface area contributed by atoms with Crippen molar-refractivity contribution in [3.8, 4) is 0 Å². The van der Waals surface area contributed by atoms with Gasteiger partial charge in [-0.3, -0.25) is 0 Å². The quantitative estimate of drug-likeness (QED) is 0.694. The zero-order valence-electron chi connectivity index (χ0n) is 8.19. The summed E-state index contributed by atoms with van der Waals surface area (Å²) >= 11 is 0. The van der Waals surface area contributed by atoms with Gasteiger partial charge in [0.05, 0.1) is 11.1 Å². The maximum atomic E-state index is 11.3. The lowest BCUT2D eigenvalue weighted by atomic mass is 10.1. The molecule has 1 aromatic rings. The maximum absolute atomic E-state index is 11.3. The minimum atomic E-state index is -3.20. The van der Waals surface area contributed by atoms with Crippen LogP contribution in [0.2, 0.25) is 0 Å². The molecule has 0 saturated carbocycles. The fourth-order valence-corrected chi connectivity index (χ4v) is 2.39. The van der Waals surface area contributed by atoms with Crippen molar-refractivity contribution in [2.45, 2.75) is 18.0 Å². The predicted octanol–water partition coefficient (Wildman–Crippen LogP) is 0.315. The summed E-state index contributed by atoms with van der Waals surface area (Å²) in [5.41, 5.74) is 12.3. The van der Waals surface area contributed by atoms with Crippen LogP contribution in [0.15, 0.2) is 23.1 Å². The van der Waals surface area contributed by atoms with E-state index in [1.807, 2.05) is 0 Å². The van der Waals surface area contributed by atoms with E-state index in [0.717, 1.165) is 0 Å². The Hall–Kier alpha value is -0.910. The predicted molar refractivity (Wildman–Crippen MR) is 55.4 cm³/mol. The average Bonchev–Trinajstić information content (AvgIpc) is 2.01. The van der Waals surface area contributed by atoms with Crippen molar-refractivity contribution in [1.29, 1.82) is 0 Å². The Morgan fingerprint density at radius 2 is 1.86 bits per heavy atom. The first kappa shape index (κ1) is 11.2. The number of hydrogen-bond acceptors (Lipinski definition) is 4. The van der Waals surface area contributed by atoms with Crippen molar-refractivity contribution in [2.75, 3.05) is 6.26 Å². The first-order chi connectivity index (χ1) is 6.34. The lowest BCUT2D eigenvalue weighted by Crippen LogP contribution is -2.21. The summed E-state index contributed by atoms with van der Waals surface area (Å²) in [4.78, 5) is 0.288. The third kappa shape index (κ3) is 2.12. The summed E-state index contributed by atoms with van der Waals surface area (Å²) < 4.78 is 22.7. The molecule has 0 saturated heterocycles. The van der Waals surface area contributed by atoms with Crippen LogP contribution in [0.4, 0.5) is 0 Å². The van der Waals surface area contributed by atoms with Crippen LogP contribution in [0.25, 0.3) is 0 Å². The standard InChI is InChI=1S/C9H14N2O2S/c1-6-7(9(10)11)4-3-5-8(6)14(2,12)13/h3-5,9H,10-11H2,1-2H3. The highest BCUT2D eigenvalue weighted by atomic mass is 32.2. The second-order valence-corrected chi connectivity index (χ2v) is 5.25. The number of hydrogen-bond donors (Lipinski definition) is 2. The van der Waals surface area contributed by atoms with Crippen molar-refractivity contribution < 1.29 is 8.42 Å². The summed E-state index contributed by atoms with van der Waals surface area (Å²) in [5, 5.41) is 0. The van der Waals surface area contributed by atoms with Gasteiger partial charge in [0.15, 0.2) is 9.84 Å². The highest BCUT2D eigenvalue weighted by Crippen LogP contribution is 2.20. The highest BCUT2D eigenvalue weighted by molar-refractivity contribution is 7.90. The molecule has 0 bridgehead atoms. The minimum absolute atomic E-state index is 0.288. The lowest BCUT2D eigenvalue weighted by Gasteiger charge is -2.12. The Morgan fingerprint density at radius 3 is 2.29 bits per heavy atom. The molecule has 0 aromatic heterocycles. The van der Waals surface area contributed by atoms with E-state index < -0.39 is 16.0 Å². The maximum Gasteiger partial charge on any atom is 0.175 e. The summed E-state index contributed by atoms with van der Waals surface area (Å²) in [7, 11) is -3.20. The van der Waals surface area contributed by atoms with E-state index in [4.69, 9.17) is 11.5 Å². The summed E-state index contributed by atoms with van der Waals surface area (Å²) in [6.45, 7) is 1.71. The normalized spacial score (nSPS) is 12.1. The molecular weight excluding hydrogens is 200 g/mol. The van der Waals surface area contributed by atoms with Gasteiger partial charge in [-0.25, -0.2) is 8.42 Å². The van der Waals surface area contributed by atoms with E-state index in [1.165, 1.54) is 6.26 Å². The first-order valence-corrected chi connectivity index (χ1v) is 6.04. The van der Waals surface area contributed by atoms with Crippen molar-refractivity contribution in [3.63, 3.8) is 0 Å². The minimum Gasteiger partial charge on any atom is -0.312 e. The molecular formula is C9H14N2O2S. The second kappa shape index (κ2) is 3.68. The highest BCUT2D eigenvalue weighted by Gasteiger charge is 2.14. The van der Waals surface area contributed by atoms with Crippen LogP contribution in [0, 0.1) is 6.92 Å². The Kier molecular flexibility index (Phi) is 2.94. The second-order valence-electron chi connectivity index (χ2n) is 3.27. The van der Waals surface area contributed by atoms with Crippen molar-refractivity contribution in [3.05, 3.63) is 29.3 Å². The molecule has 0 unspecified atom stereocenters. The molecule has 5 heteroatoms. The van der Waals surface area contributed by atoms with Gasteiger partial charge in [-0.15, -0.1) is 0 Å². The smallest absolute Gasteiger partial charge is 0.175 e. The Bertz CT molecular complexity index is 438. The molecule has 1 aromatic carbocycles. The number of sulfone groups is 1. The van der Waals surface area contributed by atoms with Gasteiger partial charge in [0.1, 0.15) is 0 Å². The van der Waals surface area contributed by atoms with Crippen LogP contribution in [0.5, 0.6) is 0 Å². The number of benzene rings is 1. The van der Waals surface area contributed by atoms with Gasteiger partial charge in [-0.2, -0.15) is 0 Å². The lowest BCUT2D eigenvalue weighted by molar-refractivity contribution is 0.600. The monoisotopic (exact) mass is 214 g/mol. The van der Waals surface area contributed by atoms with Crippen LogP contribution in [0.3, 0.4) is 0 Å². The van der Waals surface area contributed by atoms with Gasteiger partial charge in [-0.05, 0) is 24.1 Å². The molecule has 4 N–H and O–H groups in total. The van der Waals surface area contributed by atoms with Crippen LogP contribution in [-0.4, -0.2) is 14.7 Å². The molecule has 0 spiro atoms. The molecule has 0 amide bonds.